The summed E-state index contributed by atoms with van der Waals surface area (Å²) in [5.41, 5.74) is 1.14. The standard InChI is InChI=1S/C21H26N4O3S/c26-21(18-8-12-23(13-9-18)19-6-10-22-11-7-19)24-14-16-25(17-15-24)29(27,28)20-4-2-1-3-5-20/h1-7,10-11,18H,8-9,12-17H2. The number of rotatable bonds is 4. The van der Waals surface area contributed by atoms with Crippen molar-refractivity contribution in [3.8, 4) is 0 Å². The number of nitrogens with zero attached hydrogens (tertiary/aromatic N) is 4. The number of hydrogen-bond acceptors (Lipinski definition) is 5. The van der Waals surface area contributed by atoms with E-state index in [0.717, 1.165) is 31.6 Å². The monoisotopic (exact) mass is 414 g/mol. The summed E-state index contributed by atoms with van der Waals surface area (Å²) in [7, 11) is -3.49. The summed E-state index contributed by atoms with van der Waals surface area (Å²) in [5, 5.41) is 0. The second-order valence-corrected chi connectivity index (χ2v) is 9.45. The number of benzene rings is 1. The van der Waals surface area contributed by atoms with Crippen molar-refractivity contribution >= 4 is 21.6 Å². The van der Waals surface area contributed by atoms with Crippen molar-refractivity contribution in [3.05, 3.63) is 54.9 Å². The maximum absolute atomic E-state index is 13.0. The van der Waals surface area contributed by atoms with Gasteiger partial charge in [-0.1, -0.05) is 18.2 Å². The van der Waals surface area contributed by atoms with Crippen molar-refractivity contribution in [2.45, 2.75) is 17.7 Å². The van der Waals surface area contributed by atoms with Crippen LogP contribution in [0.25, 0.3) is 0 Å². The molecule has 0 aliphatic carbocycles. The fraction of sp³-hybridized carbons (Fsp3) is 0.429. The summed E-state index contributed by atoms with van der Waals surface area (Å²) < 4.78 is 27.0. The van der Waals surface area contributed by atoms with Crippen LogP contribution in [0.15, 0.2) is 59.8 Å². The Morgan fingerprint density at radius 1 is 0.862 bits per heavy atom. The van der Waals surface area contributed by atoms with Gasteiger partial charge in [0.2, 0.25) is 15.9 Å². The molecule has 2 aliphatic rings. The van der Waals surface area contributed by atoms with E-state index in [1.54, 1.807) is 42.7 Å². The first-order chi connectivity index (χ1) is 14.1. The average Bonchev–Trinajstić information content (AvgIpc) is 2.80. The van der Waals surface area contributed by atoms with Crippen LogP contribution in [0.1, 0.15) is 12.8 Å². The summed E-state index contributed by atoms with van der Waals surface area (Å²) in [6.07, 6.45) is 5.22. The number of sulfonamides is 1. The normalized spacial score (nSPS) is 19.3. The molecule has 0 atom stereocenters. The maximum Gasteiger partial charge on any atom is 0.243 e. The molecule has 2 aromatic rings. The Morgan fingerprint density at radius 2 is 1.48 bits per heavy atom. The molecule has 8 heteroatoms. The van der Waals surface area contributed by atoms with Gasteiger partial charge < -0.3 is 9.80 Å². The Labute approximate surface area is 172 Å². The van der Waals surface area contributed by atoms with Gasteiger partial charge in [0.15, 0.2) is 0 Å². The van der Waals surface area contributed by atoms with Gasteiger partial charge in [-0.2, -0.15) is 4.31 Å². The minimum absolute atomic E-state index is 0.0189. The van der Waals surface area contributed by atoms with E-state index in [2.05, 4.69) is 9.88 Å². The van der Waals surface area contributed by atoms with Crippen LogP contribution in [-0.4, -0.2) is 67.8 Å². The zero-order chi connectivity index (χ0) is 20.3. The summed E-state index contributed by atoms with van der Waals surface area (Å²) in [5.74, 6) is 0.182. The highest BCUT2D eigenvalue weighted by molar-refractivity contribution is 7.89. The number of aromatic nitrogens is 1. The van der Waals surface area contributed by atoms with E-state index in [9.17, 15) is 13.2 Å². The molecule has 2 aliphatic heterocycles. The molecule has 154 valence electrons. The molecule has 0 spiro atoms. The second kappa shape index (κ2) is 8.51. The first-order valence-electron chi connectivity index (χ1n) is 10.0. The topological polar surface area (TPSA) is 73.8 Å². The molecule has 0 unspecified atom stereocenters. The van der Waals surface area contributed by atoms with E-state index in [0.29, 0.717) is 31.1 Å². The van der Waals surface area contributed by atoms with E-state index in [-0.39, 0.29) is 11.8 Å². The highest BCUT2D eigenvalue weighted by Crippen LogP contribution is 2.25. The van der Waals surface area contributed by atoms with Crippen LogP contribution in [0.3, 0.4) is 0 Å². The highest BCUT2D eigenvalue weighted by Gasteiger charge is 2.33. The minimum Gasteiger partial charge on any atom is -0.371 e. The molecule has 4 rings (SSSR count). The van der Waals surface area contributed by atoms with Gasteiger partial charge in [0.25, 0.3) is 0 Å². The Kier molecular flexibility index (Phi) is 5.82. The first kappa shape index (κ1) is 19.8. The van der Waals surface area contributed by atoms with Crippen molar-refractivity contribution in [2.75, 3.05) is 44.2 Å². The lowest BCUT2D eigenvalue weighted by Crippen LogP contribution is -2.52. The molecule has 0 saturated carbocycles. The molecule has 0 radical (unpaired) electrons. The number of piperazine rings is 1. The van der Waals surface area contributed by atoms with Gasteiger partial charge in [0, 0.05) is 63.3 Å². The number of hydrogen-bond donors (Lipinski definition) is 0. The van der Waals surface area contributed by atoms with Crippen molar-refractivity contribution < 1.29 is 13.2 Å². The molecule has 1 aromatic heterocycles. The summed E-state index contributed by atoms with van der Waals surface area (Å²) in [4.78, 5) is 21.4. The smallest absolute Gasteiger partial charge is 0.243 e. The molecule has 0 bridgehead atoms. The number of pyridine rings is 1. The quantitative estimate of drug-likeness (QED) is 0.763. The first-order valence-corrected chi connectivity index (χ1v) is 11.5. The van der Waals surface area contributed by atoms with E-state index in [1.165, 1.54) is 4.31 Å². The number of carbonyl (C=O) groups is 1. The van der Waals surface area contributed by atoms with Gasteiger partial charge in [0.1, 0.15) is 0 Å². The molecule has 7 nitrogen and oxygen atoms in total. The number of anilines is 1. The van der Waals surface area contributed by atoms with Gasteiger partial charge in [-0.3, -0.25) is 9.78 Å². The van der Waals surface area contributed by atoms with Crippen LogP contribution in [-0.2, 0) is 14.8 Å². The second-order valence-electron chi connectivity index (χ2n) is 7.51. The Balaban J connectivity index is 1.31. The molecule has 2 saturated heterocycles. The fourth-order valence-corrected chi connectivity index (χ4v) is 5.53. The summed E-state index contributed by atoms with van der Waals surface area (Å²) in [6.45, 7) is 3.30. The van der Waals surface area contributed by atoms with Crippen LogP contribution >= 0.6 is 0 Å². The van der Waals surface area contributed by atoms with Crippen LogP contribution in [0.5, 0.6) is 0 Å². The van der Waals surface area contributed by atoms with Gasteiger partial charge in [-0.15, -0.1) is 0 Å². The third-order valence-electron chi connectivity index (χ3n) is 5.80. The van der Waals surface area contributed by atoms with Gasteiger partial charge in [-0.25, -0.2) is 8.42 Å². The lowest BCUT2D eigenvalue weighted by molar-refractivity contribution is -0.137. The fourth-order valence-electron chi connectivity index (χ4n) is 4.09. The molecule has 1 aromatic carbocycles. The lowest BCUT2D eigenvalue weighted by Gasteiger charge is -2.38. The van der Waals surface area contributed by atoms with Gasteiger partial charge in [-0.05, 0) is 37.1 Å². The molecule has 3 heterocycles. The number of carbonyl (C=O) groups excluding carboxylic acids is 1. The molecule has 2 fully saturated rings. The Hall–Kier alpha value is -2.45. The van der Waals surface area contributed by atoms with E-state index < -0.39 is 10.0 Å². The predicted molar refractivity (Wildman–Crippen MR) is 111 cm³/mol. The minimum atomic E-state index is -3.49. The SMILES string of the molecule is O=C(C1CCN(c2ccncc2)CC1)N1CCN(S(=O)(=O)c2ccccc2)CC1. The van der Waals surface area contributed by atoms with Crippen LogP contribution in [0.2, 0.25) is 0 Å². The summed E-state index contributed by atoms with van der Waals surface area (Å²) >= 11 is 0. The number of piperidine rings is 1. The molecule has 1 amide bonds. The van der Waals surface area contributed by atoms with E-state index >= 15 is 0 Å². The van der Waals surface area contributed by atoms with E-state index in [1.807, 2.05) is 17.0 Å². The number of amides is 1. The molecule has 0 N–H and O–H groups in total. The lowest BCUT2D eigenvalue weighted by atomic mass is 9.94. The largest absolute Gasteiger partial charge is 0.371 e. The molecule has 29 heavy (non-hydrogen) atoms. The zero-order valence-electron chi connectivity index (χ0n) is 16.4. The van der Waals surface area contributed by atoms with Crippen LogP contribution in [0.4, 0.5) is 5.69 Å². The molecular formula is C21H26N4O3S. The van der Waals surface area contributed by atoms with Crippen molar-refractivity contribution in [1.82, 2.24) is 14.2 Å². The Bertz CT molecular complexity index is 921. The van der Waals surface area contributed by atoms with Gasteiger partial charge in [0.05, 0.1) is 4.90 Å². The van der Waals surface area contributed by atoms with E-state index in [4.69, 9.17) is 0 Å². The van der Waals surface area contributed by atoms with Crippen LogP contribution in [0, 0.1) is 5.92 Å². The van der Waals surface area contributed by atoms with Crippen molar-refractivity contribution in [3.63, 3.8) is 0 Å². The summed E-state index contributed by atoms with van der Waals surface area (Å²) in [6, 6.07) is 12.5. The van der Waals surface area contributed by atoms with Crippen molar-refractivity contribution in [2.24, 2.45) is 5.92 Å². The van der Waals surface area contributed by atoms with Crippen molar-refractivity contribution in [1.29, 1.82) is 0 Å². The average molecular weight is 415 g/mol. The van der Waals surface area contributed by atoms with Crippen LogP contribution < -0.4 is 4.90 Å². The maximum atomic E-state index is 13.0. The third-order valence-corrected chi connectivity index (χ3v) is 7.72. The Morgan fingerprint density at radius 3 is 2.10 bits per heavy atom. The molecular weight excluding hydrogens is 388 g/mol. The third kappa shape index (κ3) is 4.28. The predicted octanol–water partition coefficient (Wildman–Crippen LogP) is 1.83. The highest BCUT2D eigenvalue weighted by atomic mass is 32.2. The van der Waals surface area contributed by atoms with Gasteiger partial charge >= 0.3 is 0 Å². The zero-order valence-corrected chi connectivity index (χ0v) is 17.2.